The molecule has 0 atom stereocenters. The van der Waals surface area contributed by atoms with Crippen LogP contribution in [0, 0.1) is 0 Å². The van der Waals surface area contributed by atoms with E-state index in [1.54, 1.807) is 12.1 Å². The summed E-state index contributed by atoms with van der Waals surface area (Å²) in [7, 11) is -3.60. The van der Waals surface area contributed by atoms with Crippen LogP contribution in [0.1, 0.15) is 11.1 Å². The minimum Gasteiger partial charge on any atom is -0.392 e. The number of rotatable bonds is 5. The molecule has 0 fully saturated rings. The SMILES string of the molecule is O=S(=O)(NCc1ccsc1)c1cc(CO)ccc1Br. The van der Waals surface area contributed by atoms with E-state index >= 15 is 0 Å². The smallest absolute Gasteiger partial charge is 0.242 e. The molecular weight excluding hydrogens is 350 g/mol. The van der Waals surface area contributed by atoms with Crippen molar-refractivity contribution in [2.75, 3.05) is 0 Å². The predicted octanol–water partition coefficient (Wildman–Crippen LogP) is 2.48. The normalized spacial score (nSPS) is 11.7. The molecule has 2 N–H and O–H groups in total. The maximum Gasteiger partial charge on any atom is 0.242 e. The summed E-state index contributed by atoms with van der Waals surface area (Å²) in [6.45, 7) is 0.0575. The van der Waals surface area contributed by atoms with Gasteiger partial charge < -0.3 is 5.11 Å². The third-order valence-corrected chi connectivity index (χ3v) is 5.64. The Bertz CT molecular complexity index is 654. The first-order valence-corrected chi connectivity index (χ1v) is 8.65. The Kier molecular flexibility index (Phi) is 4.75. The lowest BCUT2D eigenvalue weighted by Crippen LogP contribution is -2.23. The van der Waals surface area contributed by atoms with Gasteiger partial charge in [0.15, 0.2) is 0 Å². The van der Waals surface area contributed by atoms with Crippen molar-refractivity contribution < 1.29 is 13.5 Å². The van der Waals surface area contributed by atoms with Crippen molar-refractivity contribution in [3.63, 3.8) is 0 Å². The summed E-state index contributed by atoms with van der Waals surface area (Å²) in [6.07, 6.45) is 0. The maximum atomic E-state index is 12.2. The summed E-state index contributed by atoms with van der Waals surface area (Å²) >= 11 is 4.73. The molecule has 1 heterocycles. The van der Waals surface area contributed by atoms with Gasteiger partial charge in [0.25, 0.3) is 0 Å². The van der Waals surface area contributed by atoms with Crippen LogP contribution >= 0.6 is 27.3 Å². The van der Waals surface area contributed by atoms with E-state index in [1.807, 2.05) is 16.8 Å². The van der Waals surface area contributed by atoms with Crippen LogP contribution in [0.5, 0.6) is 0 Å². The van der Waals surface area contributed by atoms with Crippen LogP contribution in [0.2, 0.25) is 0 Å². The van der Waals surface area contributed by atoms with Crippen LogP contribution in [0.25, 0.3) is 0 Å². The Morgan fingerprint density at radius 1 is 1.26 bits per heavy atom. The molecule has 2 rings (SSSR count). The second kappa shape index (κ2) is 6.15. The topological polar surface area (TPSA) is 66.4 Å². The lowest BCUT2D eigenvalue weighted by molar-refractivity contribution is 0.281. The van der Waals surface area contributed by atoms with Crippen LogP contribution in [0.3, 0.4) is 0 Å². The molecule has 0 aliphatic rings. The molecule has 0 bridgehead atoms. The van der Waals surface area contributed by atoms with E-state index in [2.05, 4.69) is 20.7 Å². The summed E-state index contributed by atoms with van der Waals surface area (Å²) in [6, 6.07) is 6.61. The second-order valence-corrected chi connectivity index (χ2v) is 7.25. The number of aliphatic hydroxyl groups is 1. The van der Waals surface area contributed by atoms with Gasteiger partial charge in [-0.25, -0.2) is 13.1 Å². The van der Waals surface area contributed by atoms with Gasteiger partial charge in [-0.05, 0) is 56.0 Å². The zero-order valence-corrected chi connectivity index (χ0v) is 13.1. The zero-order chi connectivity index (χ0) is 13.9. The fraction of sp³-hybridized carbons (Fsp3) is 0.167. The molecular formula is C12H12BrNO3S2. The van der Waals surface area contributed by atoms with Crippen LogP contribution < -0.4 is 4.72 Å². The molecule has 4 nitrogen and oxygen atoms in total. The molecule has 0 aliphatic heterocycles. The minimum absolute atomic E-state index is 0.134. The quantitative estimate of drug-likeness (QED) is 0.859. The molecule has 7 heteroatoms. The van der Waals surface area contributed by atoms with E-state index < -0.39 is 10.0 Å². The molecule has 1 aromatic carbocycles. The van der Waals surface area contributed by atoms with Gasteiger partial charge >= 0.3 is 0 Å². The lowest BCUT2D eigenvalue weighted by Gasteiger charge is -2.09. The average molecular weight is 362 g/mol. The van der Waals surface area contributed by atoms with Gasteiger partial charge in [-0.1, -0.05) is 6.07 Å². The molecule has 0 amide bonds. The van der Waals surface area contributed by atoms with Crippen molar-refractivity contribution in [3.8, 4) is 0 Å². The van der Waals surface area contributed by atoms with Crippen LogP contribution in [-0.4, -0.2) is 13.5 Å². The number of aliphatic hydroxyl groups excluding tert-OH is 1. The van der Waals surface area contributed by atoms with Gasteiger partial charge in [-0.15, -0.1) is 0 Å². The first-order chi connectivity index (χ1) is 9.03. The van der Waals surface area contributed by atoms with Gasteiger partial charge in [-0.3, -0.25) is 0 Å². The number of thiophene rings is 1. The third-order valence-electron chi connectivity index (χ3n) is 2.51. The van der Waals surface area contributed by atoms with Crippen molar-refractivity contribution in [2.45, 2.75) is 18.0 Å². The Morgan fingerprint density at radius 3 is 2.68 bits per heavy atom. The summed E-state index contributed by atoms with van der Waals surface area (Å²) in [5, 5.41) is 12.9. The van der Waals surface area contributed by atoms with Crippen LogP contribution in [0.4, 0.5) is 0 Å². The standard InChI is InChI=1S/C12H12BrNO3S2/c13-11-2-1-9(7-15)5-12(11)19(16,17)14-6-10-3-4-18-8-10/h1-5,8,14-15H,6-7H2. The van der Waals surface area contributed by atoms with E-state index in [9.17, 15) is 8.42 Å². The largest absolute Gasteiger partial charge is 0.392 e. The Hall–Kier alpha value is -0.730. The van der Waals surface area contributed by atoms with Gasteiger partial charge in [0.05, 0.1) is 11.5 Å². The number of hydrogen-bond donors (Lipinski definition) is 2. The van der Waals surface area contributed by atoms with Gasteiger partial charge in [0.2, 0.25) is 10.0 Å². The van der Waals surface area contributed by atoms with Crippen molar-refractivity contribution in [2.24, 2.45) is 0 Å². The average Bonchev–Trinajstić information content (AvgIpc) is 2.90. The van der Waals surface area contributed by atoms with E-state index in [0.717, 1.165) is 5.56 Å². The highest BCUT2D eigenvalue weighted by Gasteiger charge is 2.17. The third kappa shape index (κ3) is 3.64. The Morgan fingerprint density at radius 2 is 2.05 bits per heavy atom. The lowest BCUT2D eigenvalue weighted by atomic mass is 10.2. The molecule has 0 unspecified atom stereocenters. The monoisotopic (exact) mass is 361 g/mol. The van der Waals surface area contributed by atoms with Gasteiger partial charge in [0.1, 0.15) is 0 Å². The highest BCUT2D eigenvalue weighted by Crippen LogP contribution is 2.23. The Balaban J connectivity index is 2.23. The molecule has 1 aromatic heterocycles. The number of sulfonamides is 1. The number of hydrogen-bond acceptors (Lipinski definition) is 4. The van der Waals surface area contributed by atoms with Crippen molar-refractivity contribution in [1.82, 2.24) is 4.72 Å². The predicted molar refractivity (Wildman–Crippen MR) is 78.4 cm³/mol. The van der Waals surface area contributed by atoms with E-state index in [0.29, 0.717) is 10.0 Å². The number of halogens is 1. The van der Waals surface area contributed by atoms with E-state index in [4.69, 9.17) is 5.11 Å². The molecule has 0 saturated heterocycles. The van der Waals surface area contributed by atoms with E-state index in [-0.39, 0.29) is 18.0 Å². The molecule has 0 aliphatic carbocycles. The van der Waals surface area contributed by atoms with Crippen molar-refractivity contribution >= 4 is 37.3 Å². The van der Waals surface area contributed by atoms with Gasteiger partial charge in [0, 0.05) is 11.0 Å². The van der Waals surface area contributed by atoms with Gasteiger partial charge in [-0.2, -0.15) is 11.3 Å². The van der Waals surface area contributed by atoms with Crippen LogP contribution in [-0.2, 0) is 23.2 Å². The summed E-state index contributed by atoms with van der Waals surface area (Å²) in [4.78, 5) is 0.134. The molecule has 19 heavy (non-hydrogen) atoms. The maximum absolute atomic E-state index is 12.2. The second-order valence-electron chi connectivity index (χ2n) is 3.88. The molecule has 0 spiro atoms. The first kappa shape index (κ1) is 14.7. The molecule has 2 aromatic rings. The highest BCUT2D eigenvalue weighted by atomic mass is 79.9. The van der Waals surface area contributed by atoms with E-state index in [1.165, 1.54) is 17.4 Å². The zero-order valence-electron chi connectivity index (χ0n) is 9.84. The number of benzene rings is 1. The summed E-state index contributed by atoms with van der Waals surface area (Å²) < 4.78 is 27.4. The molecule has 0 radical (unpaired) electrons. The highest BCUT2D eigenvalue weighted by molar-refractivity contribution is 9.10. The fourth-order valence-electron chi connectivity index (χ4n) is 1.50. The minimum atomic E-state index is -3.60. The fourth-order valence-corrected chi connectivity index (χ4v) is 4.20. The summed E-state index contributed by atoms with van der Waals surface area (Å²) in [5.41, 5.74) is 1.47. The van der Waals surface area contributed by atoms with Crippen molar-refractivity contribution in [3.05, 3.63) is 50.6 Å². The summed E-state index contributed by atoms with van der Waals surface area (Å²) in [5.74, 6) is 0. The van der Waals surface area contributed by atoms with Crippen LogP contribution in [0.15, 0.2) is 44.4 Å². The molecule has 102 valence electrons. The van der Waals surface area contributed by atoms with Crippen molar-refractivity contribution in [1.29, 1.82) is 0 Å². The first-order valence-electron chi connectivity index (χ1n) is 5.43. The number of nitrogens with one attached hydrogen (secondary N) is 1. The Labute approximate surface area is 124 Å². The molecule has 0 saturated carbocycles.